The number of rotatable bonds is 60. The van der Waals surface area contributed by atoms with Gasteiger partial charge < -0.3 is 14.2 Å². The van der Waals surface area contributed by atoms with Crippen molar-refractivity contribution in [3.8, 4) is 0 Å². The molecule has 0 heterocycles. The van der Waals surface area contributed by atoms with Gasteiger partial charge in [-0.2, -0.15) is 0 Å². The molecule has 0 fully saturated rings. The molecule has 0 N–H and O–H groups in total. The van der Waals surface area contributed by atoms with Crippen LogP contribution in [0.25, 0.3) is 0 Å². The number of carbonyl (C=O) groups is 3. The van der Waals surface area contributed by atoms with Gasteiger partial charge in [-0.1, -0.05) is 302 Å². The highest BCUT2D eigenvalue weighted by Crippen LogP contribution is 2.16. The minimum atomic E-state index is -0.786. The van der Waals surface area contributed by atoms with Crippen molar-refractivity contribution in [2.24, 2.45) is 0 Å². The maximum absolute atomic E-state index is 12.8. The number of carbonyl (C=O) groups excluding carboxylic acids is 3. The summed E-state index contributed by atoms with van der Waals surface area (Å²) in [5, 5.41) is 0. The van der Waals surface area contributed by atoms with Crippen molar-refractivity contribution in [3.05, 3.63) is 134 Å². The minimum absolute atomic E-state index is 0.0847. The zero-order chi connectivity index (χ0) is 58.5. The summed E-state index contributed by atoms with van der Waals surface area (Å²) >= 11 is 0. The van der Waals surface area contributed by atoms with Crippen molar-refractivity contribution >= 4 is 17.9 Å². The standard InChI is InChI=1S/C75H124O6/c1-4-7-10-13-15-17-19-21-23-25-27-29-31-33-34-35-36-37-38-39-40-42-43-45-47-49-51-53-55-57-59-62-65-68-74(77)80-71-72(70-79-73(76)67-64-61-12-9-6-3)81-75(78)69-66-63-60-58-56-54-52-50-48-46-44-41-32-30-28-26-24-22-20-18-16-14-11-8-5-2/h7-8,10-11,15-18,21-24,27-30,33-34,41,44,48,50,72H,4-6,9,12-14,19-20,25-26,31-32,35-40,42-43,45-47,49,51-71H2,1-3H3/b10-7-,11-8-,17-15-,18-16-,23-21-,24-22-,29-27-,30-28-,34-33-,44-41-,50-48-. The monoisotopic (exact) mass is 1120 g/mol. The molecule has 6 heteroatoms. The van der Waals surface area contributed by atoms with Crippen molar-refractivity contribution in [3.63, 3.8) is 0 Å². The van der Waals surface area contributed by atoms with Crippen LogP contribution in [-0.4, -0.2) is 37.2 Å². The van der Waals surface area contributed by atoms with E-state index in [4.69, 9.17) is 14.2 Å². The Morgan fingerprint density at radius 1 is 0.259 bits per heavy atom. The summed E-state index contributed by atoms with van der Waals surface area (Å²) in [7, 11) is 0. The molecule has 0 aromatic heterocycles. The molecule has 1 unspecified atom stereocenters. The molecular weight excluding hydrogens is 997 g/mol. The van der Waals surface area contributed by atoms with Crippen molar-refractivity contribution in [1.82, 2.24) is 0 Å². The number of esters is 3. The molecule has 0 aliphatic carbocycles. The Morgan fingerprint density at radius 3 is 0.753 bits per heavy atom. The molecule has 0 aliphatic heterocycles. The summed E-state index contributed by atoms with van der Waals surface area (Å²) in [6, 6.07) is 0. The van der Waals surface area contributed by atoms with Crippen LogP contribution < -0.4 is 0 Å². The molecule has 460 valence electrons. The molecule has 81 heavy (non-hydrogen) atoms. The molecule has 0 aromatic carbocycles. The molecule has 0 radical (unpaired) electrons. The second-order valence-corrected chi connectivity index (χ2v) is 22.0. The number of allylic oxidation sites excluding steroid dienone is 22. The molecule has 0 aliphatic rings. The Bertz CT molecular complexity index is 1720. The predicted molar refractivity (Wildman–Crippen MR) is 353 cm³/mol. The Kier molecular flexibility index (Phi) is 64.3. The molecule has 0 saturated heterocycles. The SMILES string of the molecule is CC/C=C\C/C=C\C/C=C\C/C=C\C/C=C\C/C=C\CCCCCCCCC(=O)OC(COC(=O)CCCCCCC)COC(=O)CCCCCCCCCCCCCCCCCCC/C=C\C/C=C\C/C=C\C/C=C\C/C=C\CC. The van der Waals surface area contributed by atoms with Gasteiger partial charge in [0.1, 0.15) is 13.2 Å². The van der Waals surface area contributed by atoms with Gasteiger partial charge in [0.2, 0.25) is 0 Å². The van der Waals surface area contributed by atoms with E-state index in [-0.39, 0.29) is 31.1 Å². The minimum Gasteiger partial charge on any atom is -0.462 e. The lowest BCUT2D eigenvalue weighted by atomic mass is 10.0. The summed E-state index contributed by atoms with van der Waals surface area (Å²) in [5.41, 5.74) is 0. The highest BCUT2D eigenvalue weighted by atomic mass is 16.6. The van der Waals surface area contributed by atoms with E-state index < -0.39 is 6.10 Å². The lowest BCUT2D eigenvalue weighted by molar-refractivity contribution is -0.167. The van der Waals surface area contributed by atoms with Crippen LogP contribution in [0, 0.1) is 0 Å². The average molecular weight is 1120 g/mol. The molecule has 0 rings (SSSR count). The van der Waals surface area contributed by atoms with Crippen LogP contribution in [0.4, 0.5) is 0 Å². The Labute approximate surface area is 500 Å². The van der Waals surface area contributed by atoms with Gasteiger partial charge in [0.05, 0.1) is 0 Å². The molecule has 1 atom stereocenters. The van der Waals surface area contributed by atoms with Gasteiger partial charge in [0.25, 0.3) is 0 Å². The second kappa shape index (κ2) is 68.1. The van der Waals surface area contributed by atoms with Crippen LogP contribution in [0.1, 0.15) is 303 Å². The van der Waals surface area contributed by atoms with E-state index in [1.165, 1.54) is 116 Å². The fraction of sp³-hybridized carbons (Fsp3) is 0.667. The molecule has 0 amide bonds. The number of ether oxygens (including phenoxy) is 3. The van der Waals surface area contributed by atoms with Crippen LogP contribution in [0.5, 0.6) is 0 Å². The molecule has 0 bridgehead atoms. The lowest BCUT2D eigenvalue weighted by Gasteiger charge is -2.18. The van der Waals surface area contributed by atoms with Gasteiger partial charge in [0, 0.05) is 19.3 Å². The van der Waals surface area contributed by atoms with Crippen molar-refractivity contribution in [1.29, 1.82) is 0 Å². The van der Waals surface area contributed by atoms with Crippen LogP contribution >= 0.6 is 0 Å². The fourth-order valence-corrected chi connectivity index (χ4v) is 9.18. The van der Waals surface area contributed by atoms with Gasteiger partial charge in [-0.25, -0.2) is 0 Å². The fourth-order valence-electron chi connectivity index (χ4n) is 9.18. The zero-order valence-corrected chi connectivity index (χ0v) is 52.8. The quantitative estimate of drug-likeness (QED) is 0.0261. The van der Waals surface area contributed by atoms with Gasteiger partial charge in [0.15, 0.2) is 6.10 Å². The first-order valence-electron chi connectivity index (χ1n) is 33.7. The number of unbranched alkanes of at least 4 members (excludes halogenated alkanes) is 27. The first kappa shape index (κ1) is 76.5. The molecular formula is C75H124O6. The molecule has 0 spiro atoms. The van der Waals surface area contributed by atoms with E-state index in [1.54, 1.807) is 0 Å². The number of hydrogen-bond donors (Lipinski definition) is 0. The summed E-state index contributed by atoms with van der Waals surface area (Å²) in [6.07, 6.45) is 96.6. The van der Waals surface area contributed by atoms with Gasteiger partial charge in [-0.3, -0.25) is 14.4 Å². The van der Waals surface area contributed by atoms with E-state index in [2.05, 4.69) is 154 Å². The third-order valence-corrected chi connectivity index (χ3v) is 14.2. The maximum Gasteiger partial charge on any atom is 0.306 e. The van der Waals surface area contributed by atoms with Crippen molar-refractivity contribution in [2.45, 2.75) is 309 Å². The average Bonchev–Trinajstić information content (AvgIpc) is 3.47. The van der Waals surface area contributed by atoms with E-state index in [1.807, 2.05) is 0 Å². The van der Waals surface area contributed by atoms with E-state index >= 15 is 0 Å². The summed E-state index contributed by atoms with van der Waals surface area (Å²) < 4.78 is 16.8. The van der Waals surface area contributed by atoms with Crippen LogP contribution in [0.3, 0.4) is 0 Å². The molecule has 6 nitrogen and oxygen atoms in total. The normalized spacial score (nSPS) is 13.0. The Balaban J connectivity index is 4.03. The summed E-state index contributed by atoms with van der Waals surface area (Å²) in [4.78, 5) is 38.0. The van der Waals surface area contributed by atoms with E-state index in [9.17, 15) is 14.4 Å². The van der Waals surface area contributed by atoms with Crippen LogP contribution in [0.2, 0.25) is 0 Å². The van der Waals surface area contributed by atoms with Gasteiger partial charge in [-0.15, -0.1) is 0 Å². The highest BCUT2D eigenvalue weighted by Gasteiger charge is 2.19. The van der Waals surface area contributed by atoms with Gasteiger partial charge in [-0.05, 0) is 116 Å². The third-order valence-electron chi connectivity index (χ3n) is 14.2. The van der Waals surface area contributed by atoms with Gasteiger partial charge >= 0.3 is 17.9 Å². The first-order valence-corrected chi connectivity index (χ1v) is 33.7. The zero-order valence-electron chi connectivity index (χ0n) is 52.8. The van der Waals surface area contributed by atoms with Crippen LogP contribution in [0.15, 0.2) is 134 Å². The van der Waals surface area contributed by atoms with E-state index in [0.29, 0.717) is 19.3 Å². The van der Waals surface area contributed by atoms with Crippen molar-refractivity contribution < 1.29 is 28.6 Å². The predicted octanol–water partition coefficient (Wildman–Crippen LogP) is 23.3. The third kappa shape index (κ3) is 66.2. The largest absolute Gasteiger partial charge is 0.462 e. The summed E-state index contributed by atoms with van der Waals surface area (Å²) in [6.45, 7) is 6.33. The lowest BCUT2D eigenvalue weighted by Crippen LogP contribution is -2.30. The molecule has 0 aromatic rings. The molecule has 0 saturated carbocycles. The number of hydrogen-bond acceptors (Lipinski definition) is 6. The van der Waals surface area contributed by atoms with Crippen molar-refractivity contribution in [2.75, 3.05) is 13.2 Å². The first-order chi connectivity index (χ1) is 40.0. The highest BCUT2D eigenvalue weighted by molar-refractivity contribution is 5.71. The maximum atomic E-state index is 12.8. The topological polar surface area (TPSA) is 78.9 Å². The summed E-state index contributed by atoms with van der Waals surface area (Å²) in [5.74, 6) is -0.909. The second-order valence-electron chi connectivity index (χ2n) is 22.0. The van der Waals surface area contributed by atoms with E-state index in [0.717, 1.165) is 148 Å². The Morgan fingerprint density at radius 2 is 0.481 bits per heavy atom. The smallest absolute Gasteiger partial charge is 0.306 e. The van der Waals surface area contributed by atoms with Crippen LogP contribution in [-0.2, 0) is 28.6 Å². The Hall–Kier alpha value is -4.45.